The molecule has 5 N–H and O–H groups in total. The van der Waals surface area contributed by atoms with Gasteiger partial charge in [0.1, 0.15) is 23.8 Å². The molecule has 4 aromatic rings. The third-order valence-corrected chi connectivity index (χ3v) is 9.93. The van der Waals surface area contributed by atoms with Crippen LogP contribution in [0.2, 0.25) is 0 Å². The molecular formula is C38H37F3N8O7. The number of imide groups is 2. The van der Waals surface area contributed by atoms with E-state index < -0.39 is 53.6 Å². The second kappa shape index (κ2) is 14.6. The van der Waals surface area contributed by atoms with E-state index in [9.17, 15) is 37.1 Å². The molecule has 292 valence electrons. The normalized spacial score (nSPS) is 18.9. The Hall–Kier alpha value is -6.46. The van der Waals surface area contributed by atoms with Crippen molar-refractivity contribution < 1.29 is 46.6 Å². The fraction of sp³-hybridized carbons (Fsp3) is 0.342. The first kappa shape index (κ1) is 37.8. The number of rotatable bonds is 10. The zero-order valence-corrected chi connectivity index (χ0v) is 30.5. The number of carbonyl (C=O) groups is 5. The largest absolute Gasteiger partial charge is 0.493 e. The minimum absolute atomic E-state index is 0.00894. The number of amides is 5. The second-order valence-electron chi connectivity index (χ2n) is 13.8. The maximum absolute atomic E-state index is 13.5. The number of ether oxygens (including phenoxy) is 2. The molecule has 7 rings (SSSR count). The van der Waals surface area contributed by atoms with Crippen LogP contribution in [0.25, 0.3) is 10.9 Å². The summed E-state index contributed by atoms with van der Waals surface area (Å²) in [6.07, 6.45) is -4.43. The van der Waals surface area contributed by atoms with Gasteiger partial charge in [0.2, 0.25) is 17.7 Å². The molecule has 18 heteroatoms. The Morgan fingerprint density at radius 1 is 1.02 bits per heavy atom. The third-order valence-electron chi connectivity index (χ3n) is 9.93. The fourth-order valence-corrected chi connectivity index (χ4v) is 7.09. The Kier molecular flexibility index (Phi) is 9.90. The van der Waals surface area contributed by atoms with Crippen LogP contribution in [0.3, 0.4) is 0 Å². The number of halogens is 3. The van der Waals surface area contributed by atoms with Gasteiger partial charge in [-0.3, -0.25) is 34.2 Å². The molecule has 0 saturated carbocycles. The summed E-state index contributed by atoms with van der Waals surface area (Å²) in [5.74, 6) is -1.18. The summed E-state index contributed by atoms with van der Waals surface area (Å²) >= 11 is 0. The lowest BCUT2D eigenvalue weighted by molar-refractivity contribution is -0.138. The number of nitrogens with two attached hydrogens (primary N) is 1. The predicted octanol–water partition coefficient (Wildman–Crippen LogP) is 4.21. The lowest BCUT2D eigenvalue weighted by Crippen LogP contribution is -2.54. The first-order valence-electron chi connectivity index (χ1n) is 17.7. The van der Waals surface area contributed by atoms with E-state index in [0.29, 0.717) is 58.3 Å². The van der Waals surface area contributed by atoms with Crippen LogP contribution in [-0.2, 0) is 20.6 Å². The van der Waals surface area contributed by atoms with Crippen LogP contribution >= 0.6 is 0 Å². The van der Waals surface area contributed by atoms with Crippen LogP contribution in [0.15, 0.2) is 48.5 Å². The quantitative estimate of drug-likeness (QED) is 0.133. The van der Waals surface area contributed by atoms with Gasteiger partial charge >= 0.3 is 6.18 Å². The van der Waals surface area contributed by atoms with Crippen LogP contribution in [0.5, 0.6) is 11.5 Å². The summed E-state index contributed by atoms with van der Waals surface area (Å²) in [6, 6.07) is 9.53. The van der Waals surface area contributed by atoms with Gasteiger partial charge in [-0.25, -0.2) is 9.97 Å². The van der Waals surface area contributed by atoms with Crippen molar-refractivity contribution >= 4 is 57.6 Å². The summed E-state index contributed by atoms with van der Waals surface area (Å²) in [5, 5.41) is 8.90. The van der Waals surface area contributed by atoms with Gasteiger partial charge in [-0.1, -0.05) is 0 Å². The molecule has 3 aromatic carbocycles. The molecule has 15 nitrogen and oxygen atoms in total. The number of alkyl halides is 3. The van der Waals surface area contributed by atoms with Crippen molar-refractivity contribution in [2.75, 3.05) is 43.1 Å². The molecule has 3 aliphatic rings. The number of piperidine rings is 1. The molecule has 3 aliphatic heterocycles. The Balaban J connectivity index is 1.01. The standard InChI is InChI=1S/C38H37F3N8O7/c1-18(20-10-21(38(39,40)41)12-22(42)11-20)44-34-27-14-31(30(55-3)15-28(27)45-19(2)46-34)56-24-8-9-48(17-24)33(51)16-43-23-4-5-25-26(13-23)37(54)49(36(25)53)29-6-7-32(50)47-35(29)52/h4-5,10-15,18,24,29,43H,6-9,16-17,42H2,1-3H3,(H,44,45,46)(H,47,50,52)/t18-,24+,29?/m1/s1. The first-order valence-corrected chi connectivity index (χ1v) is 17.7. The highest BCUT2D eigenvalue weighted by molar-refractivity contribution is 6.23. The van der Waals surface area contributed by atoms with Crippen molar-refractivity contribution in [1.29, 1.82) is 0 Å². The monoisotopic (exact) mass is 774 g/mol. The number of fused-ring (bicyclic) bond motifs is 2. The highest BCUT2D eigenvalue weighted by atomic mass is 19.4. The molecule has 1 unspecified atom stereocenters. The summed E-state index contributed by atoms with van der Waals surface area (Å²) < 4.78 is 52.5. The lowest BCUT2D eigenvalue weighted by Gasteiger charge is -2.27. The van der Waals surface area contributed by atoms with Crippen LogP contribution in [0.4, 0.5) is 30.4 Å². The number of likely N-dealkylation sites (tertiary alicyclic amines) is 1. The Bertz CT molecular complexity index is 2300. The van der Waals surface area contributed by atoms with Gasteiger partial charge in [-0.2, -0.15) is 13.2 Å². The SMILES string of the molecule is COc1cc2nc(C)nc(N[C@H](C)c3cc(N)cc(C(F)(F)F)c3)c2cc1O[C@H]1CCN(C(=O)CNc2ccc3c(c2)C(=O)N(C2CCC(=O)NC2=O)C3=O)C1. The van der Waals surface area contributed by atoms with E-state index in [-0.39, 0.29) is 48.7 Å². The van der Waals surface area contributed by atoms with E-state index in [1.54, 1.807) is 36.9 Å². The summed E-state index contributed by atoms with van der Waals surface area (Å²) in [7, 11) is 1.48. The van der Waals surface area contributed by atoms with Gasteiger partial charge in [-0.05, 0) is 68.3 Å². The number of aryl methyl sites for hydroxylation is 1. The number of carbonyl (C=O) groups excluding carboxylic acids is 5. The smallest absolute Gasteiger partial charge is 0.416 e. The first-order chi connectivity index (χ1) is 26.6. The second-order valence-corrected chi connectivity index (χ2v) is 13.8. The fourth-order valence-electron chi connectivity index (χ4n) is 7.09. The maximum Gasteiger partial charge on any atom is 0.416 e. The summed E-state index contributed by atoms with van der Waals surface area (Å²) in [5.41, 5.74) is 6.38. The Morgan fingerprint density at radius 2 is 1.79 bits per heavy atom. The lowest BCUT2D eigenvalue weighted by atomic mass is 10.0. The Morgan fingerprint density at radius 3 is 2.52 bits per heavy atom. The highest BCUT2D eigenvalue weighted by Gasteiger charge is 2.44. The van der Waals surface area contributed by atoms with Crippen molar-refractivity contribution in [2.24, 2.45) is 0 Å². The van der Waals surface area contributed by atoms with Gasteiger partial charge < -0.3 is 30.7 Å². The molecule has 1 aromatic heterocycles. The number of nitrogens with zero attached hydrogens (tertiary/aromatic N) is 4. The molecule has 3 atom stereocenters. The maximum atomic E-state index is 13.5. The van der Waals surface area contributed by atoms with E-state index in [1.807, 2.05) is 0 Å². The van der Waals surface area contributed by atoms with Gasteiger partial charge in [-0.15, -0.1) is 0 Å². The van der Waals surface area contributed by atoms with Crippen molar-refractivity contribution in [1.82, 2.24) is 25.1 Å². The van der Waals surface area contributed by atoms with E-state index in [4.69, 9.17) is 15.2 Å². The van der Waals surface area contributed by atoms with Gasteiger partial charge in [0.25, 0.3) is 11.8 Å². The zero-order valence-electron chi connectivity index (χ0n) is 30.5. The number of hydrogen-bond acceptors (Lipinski definition) is 12. The molecule has 5 amide bonds. The van der Waals surface area contributed by atoms with E-state index >= 15 is 0 Å². The Labute approximate surface area is 317 Å². The molecule has 4 heterocycles. The predicted molar refractivity (Wildman–Crippen MR) is 196 cm³/mol. The van der Waals surface area contributed by atoms with E-state index in [1.165, 1.54) is 25.3 Å². The minimum atomic E-state index is -4.57. The molecule has 56 heavy (non-hydrogen) atoms. The number of anilines is 3. The van der Waals surface area contributed by atoms with Crippen LogP contribution in [0.1, 0.15) is 69.9 Å². The third kappa shape index (κ3) is 7.45. The van der Waals surface area contributed by atoms with Gasteiger partial charge in [0, 0.05) is 42.2 Å². The molecule has 0 aliphatic carbocycles. The van der Waals surface area contributed by atoms with Crippen LogP contribution in [0, 0.1) is 6.92 Å². The molecule has 2 saturated heterocycles. The van der Waals surface area contributed by atoms with Crippen LogP contribution < -0.4 is 31.2 Å². The minimum Gasteiger partial charge on any atom is -0.493 e. The highest BCUT2D eigenvalue weighted by Crippen LogP contribution is 2.38. The van der Waals surface area contributed by atoms with Crippen molar-refractivity contribution in [3.63, 3.8) is 0 Å². The van der Waals surface area contributed by atoms with Crippen molar-refractivity contribution in [3.05, 3.63) is 76.6 Å². The molecule has 2 fully saturated rings. The van der Waals surface area contributed by atoms with Crippen LogP contribution in [-0.4, -0.2) is 88.2 Å². The van der Waals surface area contributed by atoms with Gasteiger partial charge in [0.15, 0.2) is 11.5 Å². The van der Waals surface area contributed by atoms with Gasteiger partial charge in [0.05, 0.1) is 48.4 Å². The summed E-state index contributed by atoms with van der Waals surface area (Å²) in [6.45, 7) is 3.91. The molecule has 0 spiro atoms. The number of aromatic nitrogens is 2. The number of nitrogen functional groups attached to an aromatic ring is 1. The van der Waals surface area contributed by atoms with E-state index in [0.717, 1.165) is 17.0 Å². The number of nitrogens with one attached hydrogen (secondary N) is 3. The number of methoxy groups -OCH3 is 1. The summed E-state index contributed by atoms with van der Waals surface area (Å²) in [4.78, 5) is 75.0. The number of hydrogen-bond donors (Lipinski definition) is 4. The number of benzene rings is 3. The topological polar surface area (TPSA) is 198 Å². The van der Waals surface area contributed by atoms with E-state index in [2.05, 4.69) is 25.9 Å². The zero-order chi connectivity index (χ0) is 40.1. The van der Waals surface area contributed by atoms with Crippen molar-refractivity contribution in [3.8, 4) is 11.5 Å². The van der Waals surface area contributed by atoms with Crippen molar-refractivity contribution in [2.45, 2.75) is 57.5 Å². The average Bonchev–Trinajstić information content (AvgIpc) is 3.71. The molecule has 0 bridgehead atoms. The molecular weight excluding hydrogens is 737 g/mol. The molecule has 0 radical (unpaired) electrons. The average molecular weight is 775 g/mol.